The fourth-order valence-electron chi connectivity index (χ4n) is 3.20. The summed E-state index contributed by atoms with van der Waals surface area (Å²) in [4.78, 5) is 16.6. The van der Waals surface area contributed by atoms with Crippen molar-refractivity contribution in [2.24, 2.45) is 0 Å². The summed E-state index contributed by atoms with van der Waals surface area (Å²) in [5.41, 5.74) is 3.32. The van der Waals surface area contributed by atoms with Crippen molar-refractivity contribution in [3.8, 4) is 22.8 Å². The maximum Gasteiger partial charge on any atom is 0.323 e. The first kappa shape index (κ1) is 19.3. The van der Waals surface area contributed by atoms with Crippen molar-refractivity contribution >= 4 is 23.1 Å². The van der Waals surface area contributed by atoms with Crippen LogP contribution >= 0.6 is 0 Å². The second kappa shape index (κ2) is 8.23. The number of anilines is 2. The number of benzene rings is 2. The van der Waals surface area contributed by atoms with Gasteiger partial charge in [0.25, 0.3) is 0 Å². The van der Waals surface area contributed by atoms with Gasteiger partial charge in [0.2, 0.25) is 5.82 Å². The highest BCUT2D eigenvalue weighted by molar-refractivity contribution is 6.00. The van der Waals surface area contributed by atoms with Crippen molar-refractivity contribution in [1.82, 2.24) is 24.8 Å². The van der Waals surface area contributed by atoms with Crippen LogP contribution in [0.1, 0.15) is 0 Å². The lowest BCUT2D eigenvalue weighted by atomic mass is 10.1. The van der Waals surface area contributed by atoms with Crippen LogP contribution in [0.4, 0.5) is 20.6 Å². The van der Waals surface area contributed by atoms with Gasteiger partial charge < -0.3 is 10.6 Å². The number of carbonyl (C=O) groups excluding carboxylic acids is 1. The largest absolute Gasteiger partial charge is 0.323 e. The Morgan fingerprint density at radius 2 is 1.72 bits per heavy atom. The fourth-order valence-corrected chi connectivity index (χ4v) is 3.20. The minimum Gasteiger partial charge on any atom is -0.308 e. The lowest BCUT2D eigenvalue weighted by Gasteiger charge is -2.10. The predicted molar refractivity (Wildman–Crippen MR) is 118 cm³/mol. The van der Waals surface area contributed by atoms with Crippen LogP contribution < -0.4 is 10.6 Å². The van der Waals surface area contributed by atoms with E-state index in [1.54, 1.807) is 41.0 Å². The molecule has 0 fully saturated rings. The minimum atomic E-state index is -0.549. The zero-order chi connectivity index (χ0) is 21.9. The number of urea groups is 1. The second-order valence-corrected chi connectivity index (χ2v) is 6.87. The third kappa shape index (κ3) is 3.86. The maximum atomic E-state index is 13.8. The van der Waals surface area contributed by atoms with Gasteiger partial charge in [0.05, 0.1) is 11.4 Å². The molecule has 0 bridgehead atoms. The van der Waals surface area contributed by atoms with E-state index in [9.17, 15) is 9.18 Å². The number of nitrogens with one attached hydrogen (secondary N) is 2. The zero-order valence-corrected chi connectivity index (χ0v) is 16.6. The molecule has 3 aromatic heterocycles. The molecule has 0 radical (unpaired) electrons. The Morgan fingerprint density at radius 3 is 2.56 bits per heavy atom. The first-order valence-electron chi connectivity index (χ1n) is 9.74. The van der Waals surface area contributed by atoms with Crippen LogP contribution in [0, 0.1) is 5.82 Å². The number of carbonyl (C=O) groups is 1. The van der Waals surface area contributed by atoms with E-state index in [1.807, 2.05) is 36.4 Å². The molecule has 2 N–H and O–H groups in total. The summed E-state index contributed by atoms with van der Waals surface area (Å²) < 4.78 is 15.4. The Labute approximate surface area is 181 Å². The van der Waals surface area contributed by atoms with E-state index >= 15 is 0 Å². The number of hydrogen-bond donors (Lipinski definition) is 2. The number of halogens is 1. The molecule has 2 amide bonds. The molecule has 9 heteroatoms. The third-order valence-electron chi connectivity index (χ3n) is 4.70. The molecule has 5 rings (SSSR count). The molecule has 2 aromatic carbocycles. The first-order valence-corrected chi connectivity index (χ1v) is 9.74. The number of fused-ring (bicyclic) bond motifs is 1. The van der Waals surface area contributed by atoms with Crippen LogP contribution in [-0.2, 0) is 0 Å². The standard InChI is InChI=1S/C23H16FN7O/c24-17-8-1-2-9-19(17)27-23(32)26-16-7-5-6-15(14-16)18-11-12-21-28-29-22(31(21)30-18)20-10-3-4-13-25-20/h1-14H,(H2,26,27,32). The van der Waals surface area contributed by atoms with E-state index in [4.69, 9.17) is 0 Å². The number of amides is 2. The molecule has 156 valence electrons. The van der Waals surface area contributed by atoms with Gasteiger partial charge in [-0.2, -0.15) is 9.61 Å². The monoisotopic (exact) mass is 425 g/mol. The van der Waals surface area contributed by atoms with E-state index in [0.717, 1.165) is 5.56 Å². The third-order valence-corrected chi connectivity index (χ3v) is 4.70. The maximum absolute atomic E-state index is 13.8. The van der Waals surface area contributed by atoms with Gasteiger partial charge in [-0.3, -0.25) is 4.98 Å². The number of aromatic nitrogens is 5. The molecule has 0 aliphatic carbocycles. The van der Waals surface area contributed by atoms with Crippen LogP contribution in [0.15, 0.2) is 85.1 Å². The lowest BCUT2D eigenvalue weighted by Crippen LogP contribution is -2.20. The summed E-state index contributed by atoms with van der Waals surface area (Å²) >= 11 is 0. The highest BCUT2D eigenvalue weighted by atomic mass is 19.1. The molecule has 0 aliphatic rings. The van der Waals surface area contributed by atoms with Gasteiger partial charge in [0.1, 0.15) is 11.5 Å². The Morgan fingerprint density at radius 1 is 0.844 bits per heavy atom. The number of rotatable bonds is 4. The van der Waals surface area contributed by atoms with Crippen LogP contribution in [0.3, 0.4) is 0 Å². The fraction of sp³-hybridized carbons (Fsp3) is 0. The first-order chi connectivity index (χ1) is 15.7. The smallest absolute Gasteiger partial charge is 0.308 e. The van der Waals surface area contributed by atoms with Gasteiger partial charge in [-0.25, -0.2) is 9.18 Å². The van der Waals surface area contributed by atoms with E-state index < -0.39 is 11.8 Å². The molecule has 0 saturated heterocycles. The number of nitrogens with zero attached hydrogens (tertiary/aromatic N) is 5. The van der Waals surface area contributed by atoms with Crippen molar-refractivity contribution in [2.75, 3.05) is 10.6 Å². The molecular formula is C23H16FN7O. The van der Waals surface area contributed by atoms with Crippen LogP contribution in [0.25, 0.3) is 28.4 Å². The molecule has 5 aromatic rings. The highest BCUT2D eigenvalue weighted by Gasteiger charge is 2.12. The number of pyridine rings is 1. The summed E-state index contributed by atoms with van der Waals surface area (Å²) in [5.74, 6) is 0.0209. The van der Waals surface area contributed by atoms with Crippen molar-refractivity contribution in [2.45, 2.75) is 0 Å². The predicted octanol–water partition coefficient (Wildman–Crippen LogP) is 4.64. The Hall–Kier alpha value is -4.66. The molecule has 8 nitrogen and oxygen atoms in total. The van der Waals surface area contributed by atoms with Crippen molar-refractivity contribution in [1.29, 1.82) is 0 Å². The minimum absolute atomic E-state index is 0.0999. The van der Waals surface area contributed by atoms with Gasteiger partial charge >= 0.3 is 6.03 Å². The quantitative estimate of drug-likeness (QED) is 0.437. The van der Waals surface area contributed by atoms with Crippen molar-refractivity contribution in [3.05, 3.63) is 90.9 Å². The second-order valence-electron chi connectivity index (χ2n) is 6.87. The van der Waals surface area contributed by atoms with E-state index in [-0.39, 0.29) is 5.69 Å². The van der Waals surface area contributed by atoms with E-state index in [1.165, 1.54) is 12.1 Å². The van der Waals surface area contributed by atoms with E-state index in [2.05, 4.69) is 30.9 Å². The van der Waals surface area contributed by atoms with Crippen LogP contribution in [0.5, 0.6) is 0 Å². The van der Waals surface area contributed by atoms with Crippen molar-refractivity contribution < 1.29 is 9.18 Å². The molecule has 3 heterocycles. The van der Waals surface area contributed by atoms with E-state index in [0.29, 0.717) is 28.5 Å². The molecule has 0 aliphatic heterocycles. The summed E-state index contributed by atoms with van der Waals surface area (Å²) in [5, 5.41) is 18.2. The van der Waals surface area contributed by atoms with Gasteiger partial charge in [0.15, 0.2) is 5.65 Å². The zero-order valence-electron chi connectivity index (χ0n) is 16.6. The van der Waals surface area contributed by atoms with Crippen LogP contribution in [-0.4, -0.2) is 30.8 Å². The topological polar surface area (TPSA) is 97.1 Å². The number of para-hydroxylation sites is 1. The van der Waals surface area contributed by atoms with Gasteiger partial charge in [-0.15, -0.1) is 10.2 Å². The summed E-state index contributed by atoms with van der Waals surface area (Å²) in [6.07, 6.45) is 1.68. The average molecular weight is 425 g/mol. The Bertz CT molecular complexity index is 1420. The molecule has 32 heavy (non-hydrogen) atoms. The SMILES string of the molecule is O=C(Nc1cccc(-c2ccc3nnc(-c4ccccn4)n3n2)c1)Nc1ccccc1F. The Balaban J connectivity index is 1.41. The van der Waals surface area contributed by atoms with Crippen LogP contribution in [0.2, 0.25) is 0 Å². The molecular weight excluding hydrogens is 409 g/mol. The summed E-state index contributed by atoms with van der Waals surface area (Å²) in [7, 11) is 0. The normalized spacial score (nSPS) is 10.8. The van der Waals surface area contributed by atoms with Gasteiger partial charge in [-0.05, 0) is 48.5 Å². The average Bonchev–Trinajstić information content (AvgIpc) is 3.25. The molecule has 0 atom stereocenters. The molecule has 0 unspecified atom stereocenters. The highest BCUT2D eigenvalue weighted by Crippen LogP contribution is 2.23. The lowest BCUT2D eigenvalue weighted by molar-refractivity contribution is 0.262. The van der Waals surface area contributed by atoms with Gasteiger partial charge in [-0.1, -0.05) is 30.3 Å². The van der Waals surface area contributed by atoms with Crippen molar-refractivity contribution in [3.63, 3.8) is 0 Å². The summed E-state index contributed by atoms with van der Waals surface area (Å²) in [6, 6.07) is 21.8. The summed E-state index contributed by atoms with van der Waals surface area (Å²) in [6.45, 7) is 0. The molecule has 0 spiro atoms. The number of hydrogen-bond acceptors (Lipinski definition) is 5. The van der Waals surface area contributed by atoms with Gasteiger partial charge in [0, 0.05) is 17.4 Å². The Kier molecular flexibility index (Phi) is 4.97. The molecule has 0 saturated carbocycles.